The SMILES string of the molecule is CCCCCCN(CCN1CCOCC1)C(=O)Nc1cccc(N2CCNC2=O)c1. The zero-order valence-corrected chi connectivity index (χ0v) is 18.1. The van der Waals surface area contributed by atoms with Crippen LogP contribution in [0.2, 0.25) is 0 Å². The molecular weight excluding hydrogens is 382 g/mol. The van der Waals surface area contributed by atoms with Crippen LogP contribution < -0.4 is 15.5 Å². The van der Waals surface area contributed by atoms with Gasteiger partial charge in [-0.15, -0.1) is 0 Å². The number of urea groups is 2. The number of ether oxygens (including phenoxy) is 1. The minimum absolute atomic E-state index is 0.0808. The summed E-state index contributed by atoms with van der Waals surface area (Å²) in [6.45, 7) is 9.16. The maximum absolute atomic E-state index is 13.0. The van der Waals surface area contributed by atoms with E-state index in [4.69, 9.17) is 4.74 Å². The molecule has 3 rings (SSSR count). The fourth-order valence-electron chi connectivity index (χ4n) is 3.80. The zero-order chi connectivity index (χ0) is 21.2. The Labute approximate surface area is 179 Å². The quantitative estimate of drug-likeness (QED) is 0.574. The summed E-state index contributed by atoms with van der Waals surface area (Å²) in [6.07, 6.45) is 4.52. The van der Waals surface area contributed by atoms with Crippen molar-refractivity contribution in [3.05, 3.63) is 24.3 Å². The summed E-state index contributed by atoms with van der Waals surface area (Å²) in [7, 11) is 0. The molecule has 0 radical (unpaired) electrons. The van der Waals surface area contributed by atoms with Crippen molar-refractivity contribution in [2.75, 3.05) is 69.2 Å². The van der Waals surface area contributed by atoms with Gasteiger partial charge in [0.1, 0.15) is 0 Å². The molecular formula is C22H35N5O3. The van der Waals surface area contributed by atoms with E-state index in [0.29, 0.717) is 25.3 Å². The average molecular weight is 418 g/mol. The lowest BCUT2D eigenvalue weighted by Crippen LogP contribution is -2.44. The van der Waals surface area contributed by atoms with E-state index < -0.39 is 0 Å². The number of anilines is 2. The Kier molecular flexibility index (Phi) is 8.77. The second kappa shape index (κ2) is 11.8. The van der Waals surface area contributed by atoms with Crippen molar-refractivity contribution in [1.29, 1.82) is 0 Å². The van der Waals surface area contributed by atoms with Gasteiger partial charge in [-0.05, 0) is 24.6 Å². The summed E-state index contributed by atoms with van der Waals surface area (Å²) in [6, 6.07) is 7.31. The van der Waals surface area contributed by atoms with E-state index in [0.717, 1.165) is 57.9 Å². The smallest absolute Gasteiger partial charge is 0.321 e. The topological polar surface area (TPSA) is 77.2 Å². The molecule has 0 bridgehead atoms. The molecule has 8 heteroatoms. The van der Waals surface area contributed by atoms with E-state index in [9.17, 15) is 9.59 Å². The van der Waals surface area contributed by atoms with Crippen molar-refractivity contribution in [2.24, 2.45) is 0 Å². The highest BCUT2D eigenvalue weighted by molar-refractivity contribution is 5.95. The van der Waals surface area contributed by atoms with Crippen molar-refractivity contribution in [3.8, 4) is 0 Å². The van der Waals surface area contributed by atoms with Crippen LogP contribution in [0.4, 0.5) is 21.0 Å². The highest BCUT2D eigenvalue weighted by Gasteiger charge is 2.22. The van der Waals surface area contributed by atoms with E-state index in [1.807, 2.05) is 29.2 Å². The van der Waals surface area contributed by atoms with Crippen molar-refractivity contribution in [2.45, 2.75) is 32.6 Å². The van der Waals surface area contributed by atoms with Gasteiger partial charge in [0.2, 0.25) is 0 Å². The normalized spacial score (nSPS) is 17.1. The van der Waals surface area contributed by atoms with E-state index >= 15 is 0 Å². The van der Waals surface area contributed by atoms with Gasteiger partial charge in [0, 0.05) is 57.2 Å². The molecule has 0 saturated carbocycles. The van der Waals surface area contributed by atoms with E-state index in [1.54, 1.807) is 4.90 Å². The second-order valence-electron chi connectivity index (χ2n) is 7.87. The summed E-state index contributed by atoms with van der Waals surface area (Å²) in [5.74, 6) is 0. The van der Waals surface area contributed by atoms with E-state index in [-0.39, 0.29) is 12.1 Å². The molecule has 0 unspecified atom stereocenters. The molecule has 2 fully saturated rings. The molecule has 0 aliphatic carbocycles. The number of morpholine rings is 1. The molecule has 30 heavy (non-hydrogen) atoms. The fraction of sp³-hybridized carbons (Fsp3) is 0.636. The predicted molar refractivity (Wildman–Crippen MR) is 119 cm³/mol. The van der Waals surface area contributed by atoms with Crippen LogP contribution in [0.3, 0.4) is 0 Å². The Balaban J connectivity index is 1.58. The lowest BCUT2D eigenvalue weighted by molar-refractivity contribution is 0.0351. The molecule has 8 nitrogen and oxygen atoms in total. The van der Waals surface area contributed by atoms with Crippen molar-refractivity contribution in [1.82, 2.24) is 15.1 Å². The van der Waals surface area contributed by atoms with Gasteiger partial charge in [0.25, 0.3) is 0 Å². The average Bonchev–Trinajstić information content (AvgIpc) is 3.20. The lowest BCUT2D eigenvalue weighted by Gasteiger charge is -2.30. The van der Waals surface area contributed by atoms with Gasteiger partial charge in [-0.3, -0.25) is 9.80 Å². The summed E-state index contributed by atoms with van der Waals surface area (Å²) < 4.78 is 5.42. The number of nitrogens with one attached hydrogen (secondary N) is 2. The highest BCUT2D eigenvalue weighted by atomic mass is 16.5. The first kappa shape index (κ1) is 22.4. The molecule has 166 valence electrons. The van der Waals surface area contributed by atoms with Gasteiger partial charge in [-0.25, -0.2) is 9.59 Å². The van der Waals surface area contributed by atoms with Crippen LogP contribution in [-0.4, -0.2) is 80.9 Å². The zero-order valence-electron chi connectivity index (χ0n) is 18.1. The van der Waals surface area contributed by atoms with Gasteiger partial charge < -0.3 is 20.3 Å². The molecule has 0 atom stereocenters. The second-order valence-corrected chi connectivity index (χ2v) is 7.87. The Hall–Kier alpha value is -2.32. The standard InChI is InChI=1S/C22H35N5O3/c1-2-3-4-5-10-26(13-12-25-14-16-30-17-15-25)22(29)24-19-7-6-8-20(18-19)27-11-9-23-21(27)28/h6-8,18H,2-5,9-17H2,1H3,(H,23,28)(H,24,29). The van der Waals surface area contributed by atoms with Gasteiger partial charge in [0.05, 0.1) is 13.2 Å². The number of carbonyl (C=O) groups is 2. The lowest BCUT2D eigenvalue weighted by atomic mass is 10.2. The molecule has 0 aromatic heterocycles. The van der Waals surface area contributed by atoms with Crippen molar-refractivity contribution < 1.29 is 14.3 Å². The van der Waals surface area contributed by atoms with Gasteiger partial charge in [0.15, 0.2) is 0 Å². The maximum atomic E-state index is 13.0. The number of amides is 4. The molecule has 2 aliphatic rings. The summed E-state index contributed by atoms with van der Waals surface area (Å²) in [4.78, 5) is 30.9. The van der Waals surface area contributed by atoms with Crippen LogP contribution in [0.15, 0.2) is 24.3 Å². The number of rotatable bonds is 10. The number of hydrogen-bond acceptors (Lipinski definition) is 4. The number of benzene rings is 1. The number of hydrogen-bond donors (Lipinski definition) is 2. The Morgan fingerprint density at radius 2 is 2.00 bits per heavy atom. The molecule has 4 amide bonds. The fourth-order valence-corrected chi connectivity index (χ4v) is 3.80. The first-order valence-corrected chi connectivity index (χ1v) is 11.2. The van der Waals surface area contributed by atoms with E-state index in [2.05, 4.69) is 22.5 Å². The molecule has 2 heterocycles. The summed E-state index contributed by atoms with van der Waals surface area (Å²) in [5.41, 5.74) is 1.51. The summed E-state index contributed by atoms with van der Waals surface area (Å²) in [5, 5.41) is 5.84. The highest BCUT2D eigenvalue weighted by Crippen LogP contribution is 2.21. The van der Waals surface area contributed by atoms with Crippen LogP contribution in [0.5, 0.6) is 0 Å². The van der Waals surface area contributed by atoms with Gasteiger partial charge >= 0.3 is 12.1 Å². The Bertz CT molecular complexity index is 693. The minimum Gasteiger partial charge on any atom is -0.379 e. The van der Waals surface area contributed by atoms with Gasteiger partial charge in [-0.1, -0.05) is 32.3 Å². The van der Waals surface area contributed by atoms with Crippen LogP contribution in [0.1, 0.15) is 32.6 Å². The van der Waals surface area contributed by atoms with Crippen LogP contribution in [0, 0.1) is 0 Å². The monoisotopic (exact) mass is 417 g/mol. The van der Waals surface area contributed by atoms with Crippen molar-refractivity contribution >= 4 is 23.4 Å². The predicted octanol–water partition coefficient (Wildman–Crippen LogP) is 2.96. The molecule has 0 spiro atoms. The third kappa shape index (κ3) is 6.60. The number of unbranched alkanes of at least 4 members (excludes halogenated alkanes) is 3. The Morgan fingerprint density at radius 3 is 2.73 bits per heavy atom. The number of carbonyl (C=O) groups excluding carboxylic acids is 2. The van der Waals surface area contributed by atoms with Crippen molar-refractivity contribution in [3.63, 3.8) is 0 Å². The van der Waals surface area contributed by atoms with E-state index in [1.165, 1.54) is 12.8 Å². The third-order valence-corrected chi connectivity index (χ3v) is 5.62. The molecule has 2 saturated heterocycles. The number of nitrogens with zero attached hydrogens (tertiary/aromatic N) is 3. The van der Waals surface area contributed by atoms with Crippen LogP contribution in [0.25, 0.3) is 0 Å². The Morgan fingerprint density at radius 1 is 1.17 bits per heavy atom. The summed E-state index contributed by atoms with van der Waals surface area (Å²) >= 11 is 0. The largest absolute Gasteiger partial charge is 0.379 e. The molecule has 2 aliphatic heterocycles. The van der Waals surface area contributed by atoms with Crippen LogP contribution in [-0.2, 0) is 4.74 Å². The molecule has 1 aromatic rings. The first-order chi connectivity index (χ1) is 14.7. The minimum atomic E-state index is -0.0958. The van der Waals surface area contributed by atoms with Gasteiger partial charge in [-0.2, -0.15) is 0 Å². The van der Waals surface area contributed by atoms with Crippen LogP contribution >= 0.6 is 0 Å². The molecule has 2 N–H and O–H groups in total. The molecule has 1 aromatic carbocycles. The first-order valence-electron chi connectivity index (χ1n) is 11.2. The maximum Gasteiger partial charge on any atom is 0.321 e. The third-order valence-electron chi connectivity index (χ3n) is 5.62.